The molecule has 3 nitrogen and oxygen atoms in total. The van der Waals surface area contributed by atoms with Gasteiger partial charge in [0.1, 0.15) is 5.82 Å². The minimum Gasteiger partial charge on any atom is -0.326 e. The third kappa shape index (κ3) is 2.47. The molecule has 0 unspecified atom stereocenters. The van der Waals surface area contributed by atoms with Gasteiger partial charge in [-0.25, -0.2) is 0 Å². The Morgan fingerprint density at radius 1 is 1.26 bits per heavy atom. The highest BCUT2D eigenvalue weighted by atomic mass is 35.5. The van der Waals surface area contributed by atoms with Crippen molar-refractivity contribution in [3.8, 4) is 0 Å². The van der Waals surface area contributed by atoms with Gasteiger partial charge in [-0.1, -0.05) is 18.2 Å². The number of hydrogen-bond donors (Lipinski definition) is 0. The van der Waals surface area contributed by atoms with Gasteiger partial charge in [0.05, 0.1) is 11.6 Å². The molecular weight excluding hydrogens is 258 g/mol. The molecule has 0 saturated carbocycles. The molecule has 0 atom stereocenters. The van der Waals surface area contributed by atoms with E-state index in [0.29, 0.717) is 5.88 Å². The number of alkyl halides is 1. The Balaban J connectivity index is 2.58. The number of rotatable bonds is 4. The Morgan fingerprint density at radius 3 is 2.53 bits per heavy atom. The second-order valence-electron chi connectivity index (χ2n) is 4.68. The molecule has 0 aliphatic rings. The summed E-state index contributed by atoms with van der Waals surface area (Å²) in [4.78, 5) is 2.27. The van der Waals surface area contributed by atoms with E-state index in [1.165, 1.54) is 11.3 Å². The number of benzene rings is 1. The van der Waals surface area contributed by atoms with Gasteiger partial charge in [-0.05, 0) is 32.4 Å². The summed E-state index contributed by atoms with van der Waals surface area (Å²) in [7, 11) is 1.97. The van der Waals surface area contributed by atoms with Gasteiger partial charge in [0.25, 0.3) is 0 Å². The van der Waals surface area contributed by atoms with Crippen LogP contribution in [-0.2, 0) is 12.9 Å². The van der Waals surface area contributed by atoms with E-state index in [4.69, 9.17) is 11.6 Å². The summed E-state index contributed by atoms with van der Waals surface area (Å²) >= 11 is 6.10. The molecule has 0 saturated heterocycles. The van der Waals surface area contributed by atoms with Crippen LogP contribution < -0.4 is 4.90 Å². The Morgan fingerprint density at radius 2 is 1.95 bits per heavy atom. The van der Waals surface area contributed by atoms with E-state index in [1.54, 1.807) is 0 Å². The summed E-state index contributed by atoms with van der Waals surface area (Å²) in [5.41, 5.74) is 4.57. The molecule has 4 heteroatoms. The first-order valence-corrected chi connectivity index (χ1v) is 7.05. The first kappa shape index (κ1) is 13.9. The lowest BCUT2D eigenvalue weighted by molar-refractivity contribution is 0.741. The van der Waals surface area contributed by atoms with E-state index < -0.39 is 0 Å². The lowest BCUT2D eigenvalue weighted by atomic mass is 10.1. The van der Waals surface area contributed by atoms with Gasteiger partial charge < -0.3 is 4.90 Å². The number of halogens is 1. The molecule has 19 heavy (non-hydrogen) atoms. The van der Waals surface area contributed by atoms with Gasteiger partial charge in [-0.2, -0.15) is 5.10 Å². The zero-order valence-corrected chi connectivity index (χ0v) is 12.7. The van der Waals surface area contributed by atoms with E-state index in [-0.39, 0.29) is 0 Å². The SMILES string of the molecule is CCN(c1ccccc1C)c1c(CCl)c(C)nn1C. The highest BCUT2D eigenvalue weighted by molar-refractivity contribution is 6.17. The Bertz CT molecular complexity index is 575. The van der Waals surface area contributed by atoms with Crippen LogP contribution in [0, 0.1) is 13.8 Å². The molecule has 2 aromatic rings. The fraction of sp³-hybridized carbons (Fsp3) is 0.400. The molecule has 0 N–H and O–H groups in total. The zero-order valence-electron chi connectivity index (χ0n) is 11.9. The van der Waals surface area contributed by atoms with Crippen molar-refractivity contribution in [2.45, 2.75) is 26.7 Å². The molecule has 0 aliphatic carbocycles. The largest absolute Gasteiger partial charge is 0.326 e. The third-order valence-electron chi connectivity index (χ3n) is 3.42. The smallest absolute Gasteiger partial charge is 0.135 e. The topological polar surface area (TPSA) is 21.1 Å². The normalized spacial score (nSPS) is 10.8. The van der Waals surface area contributed by atoms with Crippen molar-refractivity contribution in [1.29, 1.82) is 0 Å². The van der Waals surface area contributed by atoms with Gasteiger partial charge in [-0.15, -0.1) is 11.6 Å². The molecule has 1 heterocycles. The molecule has 0 fully saturated rings. The van der Waals surface area contributed by atoms with Crippen molar-refractivity contribution in [3.05, 3.63) is 41.1 Å². The van der Waals surface area contributed by atoms with Gasteiger partial charge in [0, 0.05) is 24.8 Å². The maximum atomic E-state index is 6.10. The van der Waals surface area contributed by atoms with Crippen LogP contribution >= 0.6 is 11.6 Å². The molecule has 0 amide bonds. The predicted octanol–water partition coefficient (Wildman–Crippen LogP) is 3.93. The Labute approximate surface area is 119 Å². The van der Waals surface area contributed by atoms with Crippen LogP contribution in [-0.4, -0.2) is 16.3 Å². The average Bonchev–Trinajstić information content (AvgIpc) is 2.67. The fourth-order valence-corrected chi connectivity index (χ4v) is 2.80. The van der Waals surface area contributed by atoms with Gasteiger partial charge >= 0.3 is 0 Å². The molecule has 1 aromatic heterocycles. The minimum absolute atomic E-state index is 0.484. The quantitative estimate of drug-likeness (QED) is 0.790. The predicted molar refractivity (Wildman–Crippen MR) is 81.4 cm³/mol. The van der Waals surface area contributed by atoms with Crippen LogP contribution in [0.25, 0.3) is 0 Å². The molecule has 2 rings (SSSR count). The monoisotopic (exact) mass is 277 g/mol. The summed E-state index contributed by atoms with van der Waals surface area (Å²) < 4.78 is 1.92. The summed E-state index contributed by atoms with van der Waals surface area (Å²) in [6.07, 6.45) is 0. The molecule has 0 radical (unpaired) electrons. The van der Waals surface area contributed by atoms with Crippen molar-refractivity contribution >= 4 is 23.1 Å². The number of hydrogen-bond acceptors (Lipinski definition) is 2. The summed E-state index contributed by atoms with van der Waals surface area (Å²) in [5, 5.41) is 4.50. The maximum absolute atomic E-state index is 6.10. The summed E-state index contributed by atoms with van der Waals surface area (Å²) in [6.45, 7) is 7.16. The third-order valence-corrected chi connectivity index (χ3v) is 3.69. The van der Waals surface area contributed by atoms with Crippen LogP contribution in [0.2, 0.25) is 0 Å². The lowest BCUT2D eigenvalue weighted by Crippen LogP contribution is -2.21. The van der Waals surface area contributed by atoms with Crippen LogP contribution in [0.1, 0.15) is 23.7 Å². The minimum atomic E-state index is 0.484. The maximum Gasteiger partial charge on any atom is 0.135 e. The lowest BCUT2D eigenvalue weighted by Gasteiger charge is -2.26. The number of anilines is 2. The van der Waals surface area contributed by atoms with Gasteiger partial charge in [0.15, 0.2) is 0 Å². The highest BCUT2D eigenvalue weighted by Crippen LogP contribution is 2.32. The molecule has 1 aromatic carbocycles. The van der Waals surface area contributed by atoms with Gasteiger partial charge in [-0.3, -0.25) is 4.68 Å². The number of nitrogens with zero attached hydrogens (tertiary/aromatic N) is 3. The second kappa shape index (κ2) is 5.66. The first-order valence-electron chi connectivity index (χ1n) is 6.51. The molecular formula is C15H20ClN3. The fourth-order valence-electron chi connectivity index (χ4n) is 2.48. The molecule has 102 valence electrons. The van der Waals surface area contributed by atoms with Crippen molar-refractivity contribution in [1.82, 2.24) is 9.78 Å². The van der Waals surface area contributed by atoms with Crippen molar-refractivity contribution in [2.75, 3.05) is 11.4 Å². The number of aromatic nitrogens is 2. The Hall–Kier alpha value is -1.48. The standard InChI is InChI=1S/C15H20ClN3/c1-5-19(14-9-7-6-8-11(14)2)15-13(10-16)12(3)17-18(15)4/h6-9H,5,10H2,1-4H3. The highest BCUT2D eigenvalue weighted by Gasteiger charge is 2.19. The van der Waals surface area contributed by atoms with E-state index in [1.807, 2.05) is 18.7 Å². The van der Waals surface area contributed by atoms with Crippen molar-refractivity contribution < 1.29 is 0 Å². The molecule has 0 spiro atoms. The van der Waals surface area contributed by atoms with Crippen molar-refractivity contribution in [2.24, 2.45) is 7.05 Å². The Kier molecular flexibility index (Phi) is 4.15. The summed E-state index contributed by atoms with van der Waals surface area (Å²) in [6, 6.07) is 8.39. The molecule has 0 bridgehead atoms. The van der Waals surface area contributed by atoms with E-state index >= 15 is 0 Å². The van der Waals surface area contributed by atoms with Crippen molar-refractivity contribution in [3.63, 3.8) is 0 Å². The van der Waals surface area contributed by atoms with E-state index in [2.05, 4.69) is 48.1 Å². The average molecular weight is 278 g/mol. The van der Waals surface area contributed by atoms with Gasteiger partial charge in [0.2, 0.25) is 0 Å². The van der Waals surface area contributed by atoms with Crippen LogP contribution in [0.5, 0.6) is 0 Å². The van der Waals surface area contributed by atoms with E-state index in [9.17, 15) is 0 Å². The second-order valence-corrected chi connectivity index (χ2v) is 4.94. The zero-order chi connectivity index (χ0) is 14.0. The van der Waals surface area contributed by atoms with Crippen LogP contribution in [0.3, 0.4) is 0 Å². The van der Waals surface area contributed by atoms with E-state index in [0.717, 1.165) is 23.6 Å². The van der Waals surface area contributed by atoms with Crippen LogP contribution in [0.4, 0.5) is 11.5 Å². The first-order chi connectivity index (χ1) is 9.10. The number of para-hydroxylation sites is 1. The summed E-state index contributed by atoms with van der Waals surface area (Å²) in [5.74, 6) is 1.57. The van der Waals surface area contributed by atoms with Crippen LogP contribution in [0.15, 0.2) is 24.3 Å². The number of aryl methyl sites for hydroxylation is 3. The molecule has 0 aliphatic heterocycles.